The van der Waals surface area contributed by atoms with Crippen LogP contribution in [0.1, 0.15) is 25.5 Å². The van der Waals surface area contributed by atoms with Crippen molar-refractivity contribution in [3.63, 3.8) is 0 Å². The van der Waals surface area contributed by atoms with Crippen molar-refractivity contribution in [3.8, 4) is 0 Å². The minimum Gasteiger partial charge on any atom is -0.388 e. The van der Waals surface area contributed by atoms with E-state index in [1.165, 1.54) is 16.4 Å². The number of aliphatic hydroxyl groups is 1. The summed E-state index contributed by atoms with van der Waals surface area (Å²) in [6, 6.07) is 6.36. The molecule has 1 atom stereocenters. The molecule has 0 heterocycles. The standard InChI is InChI=1S/C12H18BrNO3S/c1-3-14(4-2)18(16,17)11-7-5-10(6-8-11)12(15)9-13/h5-8,12,15H,3-4,9H2,1-2H3/t12-/m1/s1. The van der Waals surface area contributed by atoms with Gasteiger partial charge in [0.2, 0.25) is 10.0 Å². The zero-order valence-corrected chi connectivity index (χ0v) is 12.9. The van der Waals surface area contributed by atoms with Crippen molar-refractivity contribution >= 4 is 26.0 Å². The number of rotatable bonds is 6. The molecule has 4 nitrogen and oxygen atoms in total. The van der Waals surface area contributed by atoms with Crippen LogP contribution in [0.2, 0.25) is 0 Å². The van der Waals surface area contributed by atoms with Gasteiger partial charge in [0.05, 0.1) is 11.0 Å². The van der Waals surface area contributed by atoms with Gasteiger partial charge < -0.3 is 5.11 Å². The van der Waals surface area contributed by atoms with E-state index in [9.17, 15) is 13.5 Å². The van der Waals surface area contributed by atoms with Gasteiger partial charge in [-0.05, 0) is 17.7 Å². The molecule has 0 saturated carbocycles. The Morgan fingerprint density at radius 2 is 1.72 bits per heavy atom. The number of benzene rings is 1. The highest BCUT2D eigenvalue weighted by molar-refractivity contribution is 9.09. The molecule has 0 aliphatic carbocycles. The Morgan fingerprint density at radius 3 is 2.11 bits per heavy atom. The van der Waals surface area contributed by atoms with Gasteiger partial charge in [0, 0.05) is 18.4 Å². The average Bonchev–Trinajstić information content (AvgIpc) is 2.39. The Morgan fingerprint density at radius 1 is 1.22 bits per heavy atom. The van der Waals surface area contributed by atoms with Crippen molar-refractivity contribution < 1.29 is 13.5 Å². The Kier molecular flexibility index (Phi) is 5.78. The van der Waals surface area contributed by atoms with Crippen molar-refractivity contribution in [1.82, 2.24) is 4.31 Å². The highest BCUT2D eigenvalue weighted by atomic mass is 79.9. The predicted molar refractivity (Wildman–Crippen MR) is 75.3 cm³/mol. The van der Waals surface area contributed by atoms with Gasteiger partial charge in [-0.2, -0.15) is 4.31 Å². The summed E-state index contributed by atoms with van der Waals surface area (Å²) in [6.45, 7) is 4.52. The first-order valence-corrected chi connectivity index (χ1v) is 8.37. The van der Waals surface area contributed by atoms with Gasteiger partial charge in [-0.3, -0.25) is 0 Å². The first-order chi connectivity index (χ1) is 8.47. The van der Waals surface area contributed by atoms with Gasteiger partial charge >= 0.3 is 0 Å². The number of sulfonamides is 1. The Balaban J connectivity index is 3.05. The molecule has 0 spiro atoms. The molecule has 0 saturated heterocycles. The molecule has 0 aliphatic heterocycles. The van der Waals surface area contributed by atoms with Crippen molar-refractivity contribution in [1.29, 1.82) is 0 Å². The molecule has 1 N–H and O–H groups in total. The van der Waals surface area contributed by atoms with Crippen LogP contribution < -0.4 is 0 Å². The van der Waals surface area contributed by atoms with E-state index >= 15 is 0 Å². The molecule has 102 valence electrons. The quantitative estimate of drug-likeness (QED) is 0.810. The first-order valence-electron chi connectivity index (χ1n) is 5.81. The normalized spacial score (nSPS) is 13.8. The van der Waals surface area contributed by atoms with Gasteiger partial charge in [0.1, 0.15) is 0 Å². The van der Waals surface area contributed by atoms with Crippen molar-refractivity contribution in [2.24, 2.45) is 0 Å². The van der Waals surface area contributed by atoms with Crippen molar-refractivity contribution in [3.05, 3.63) is 29.8 Å². The fourth-order valence-corrected chi connectivity index (χ4v) is 3.50. The number of hydrogen-bond donors (Lipinski definition) is 1. The van der Waals surface area contributed by atoms with Crippen LogP contribution in [0.15, 0.2) is 29.2 Å². The van der Waals surface area contributed by atoms with Crippen LogP contribution in [0.4, 0.5) is 0 Å². The molecule has 0 amide bonds. The SMILES string of the molecule is CCN(CC)S(=O)(=O)c1ccc([C@H](O)CBr)cc1. The minimum absolute atomic E-state index is 0.261. The lowest BCUT2D eigenvalue weighted by atomic mass is 10.1. The second-order valence-corrected chi connectivity index (χ2v) is 6.41. The van der Waals surface area contributed by atoms with Gasteiger partial charge in [0.15, 0.2) is 0 Å². The summed E-state index contributed by atoms with van der Waals surface area (Å²) >= 11 is 3.18. The summed E-state index contributed by atoms with van der Waals surface area (Å²) in [5.74, 6) is 0. The van der Waals surface area contributed by atoms with E-state index in [4.69, 9.17) is 0 Å². The van der Waals surface area contributed by atoms with Crippen LogP contribution >= 0.6 is 15.9 Å². The predicted octanol–water partition coefficient (Wildman–Crippen LogP) is 2.15. The van der Waals surface area contributed by atoms with Crippen LogP contribution in [-0.2, 0) is 10.0 Å². The molecule has 0 fully saturated rings. The molecular formula is C12H18BrNO3S. The lowest BCUT2D eigenvalue weighted by molar-refractivity contribution is 0.205. The molecule has 6 heteroatoms. The molecule has 0 radical (unpaired) electrons. The highest BCUT2D eigenvalue weighted by Gasteiger charge is 2.21. The van der Waals surface area contributed by atoms with E-state index in [0.717, 1.165) is 0 Å². The van der Waals surface area contributed by atoms with E-state index in [2.05, 4.69) is 15.9 Å². The van der Waals surface area contributed by atoms with Gasteiger partial charge in [-0.1, -0.05) is 41.9 Å². The topological polar surface area (TPSA) is 57.6 Å². The molecule has 0 aromatic heterocycles. The summed E-state index contributed by atoms with van der Waals surface area (Å²) in [7, 11) is -3.41. The second kappa shape index (κ2) is 6.65. The summed E-state index contributed by atoms with van der Waals surface area (Å²) in [6.07, 6.45) is -0.616. The summed E-state index contributed by atoms with van der Waals surface area (Å²) < 4.78 is 25.8. The van der Waals surface area contributed by atoms with E-state index in [0.29, 0.717) is 24.0 Å². The lowest BCUT2D eigenvalue weighted by Gasteiger charge is -2.18. The molecule has 1 aromatic rings. The zero-order chi connectivity index (χ0) is 13.8. The third-order valence-electron chi connectivity index (χ3n) is 2.75. The number of hydrogen-bond acceptors (Lipinski definition) is 3. The summed E-state index contributed by atoms with van der Waals surface area (Å²) in [5, 5.41) is 10.0. The van der Waals surface area contributed by atoms with E-state index in [-0.39, 0.29) is 4.90 Å². The molecule has 0 bridgehead atoms. The summed E-state index contributed by atoms with van der Waals surface area (Å²) in [4.78, 5) is 0.261. The number of nitrogens with zero attached hydrogens (tertiary/aromatic N) is 1. The maximum absolute atomic E-state index is 12.2. The van der Waals surface area contributed by atoms with Crippen LogP contribution in [0.3, 0.4) is 0 Å². The Labute approximate surface area is 117 Å². The van der Waals surface area contributed by atoms with Crippen LogP contribution in [-0.4, -0.2) is 36.2 Å². The fraction of sp³-hybridized carbons (Fsp3) is 0.500. The van der Waals surface area contributed by atoms with Crippen LogP contribution in [0.25, 0.3) is 0 Å². The fourth-order valence-electron chi connectivity index (χ4n) is 1.66. The lowest BCUT2D eigenvalue weighted by Crippen LogP contribution is -2.30. The smallest absolute Gasteiger partial charge is 0.243 e. The van der Waals surface area contributed by atoms with E-state index in [1.54, 1.807) is 12.1 Å². The molecule has 0 unspecified atom stereocenters. The Hall–Kier alpha value is -0.430. The molecule has 1 rings (SSSR count). The maximum atomic E-state index is 12.2. The average molecular weight is 336 g/mol. The van der Waals surface area contributed by atoms with Crippen LogP contribution in [0, 0.1) is 0 Å². The third kappa shape index (κ3) is 3.32. The van der Waals surface area contributed by atoms with Crippen molar-refractivity contribution in [2.75, 3.05) is 18.4 Å². The largest absolute Gasteiger partial charge is 0.388 e. The second-order valence-electron chi connectivity index (χ2n) is 3.83. The highest BCUT2D eigenvalue weighted by Crippen LogP contribution is 2.20. The third-order valence-corrected chi connectivity index (χ3v) is 5.43. The molecular weight excluding hydrogens is 318 g/mol. The van der Waals surface area contributed by atoms with Gasteiger partial charge in [-0.25, -0.2) is 8.42 Å². The minimum atomic E-state index is -3.41. The Bertz CT molecular complexity index is 469. The van der Waals surface area contributed by atoms with E-state index in [1.807, 2.05) is 13.8 Å². The van der Waals surface area contributed by atoms with Gasteiger partial charge in [0.25, 0.3) is 0 Å². The monoisotopic (exact) mass is 335 g/mol. The number of halogens is 1. The summed E-state index contributed by atoms with van der Waals surface area (Å²) in [5.41, 5.74) is 0.699. The van der Waals surface area contributed by atoms with Crippen LogP contribution in [0.5, 0.6) is 0 Å². The number of alkyl halides is 1. The molecule has 1 aromatic carbocycles. The van der Waals surface area contributed by atoms with E-state index < -0.39 is 16.1 Å². The van der Waals surface area contributed by atoms with Crippen molar-refractivity contribution in [2.45, 2.75) is 24.8 Å². The number of aliphatic hydroxyl groups excluding tert-OH is 1. The van der Waals surface area contributed by atoms with Gasteiger partial charge in [-0.15, -0.1) is 0 Å². The maximum Gasteiger partial charge on any atom is 0.243 e. The molecule has 0 aliphatic rings. The molecule has 18 heavy (non-hydrogen) atoms. The zero-order valence-electron chi connectivity index (χ0n) is 10.5. The first kappa shape index (κ1) is 15.6.